The highest BCUT2D eigenvalue weighted by atomic mass is 35.5. The van der Waals surface area contributed by atoms with E-state index in [1.807, 2.05) is 26.0 Å². The Kier molecular flexibility index (Phi) is 2.65. The van der Waals surface area contributed by atoms with Crippen LogP contribution < -0.4 is 10.1 Å². The van der Waals surface area contributed by atoms with E-state index in [9.17, 15) is 0 Å². The Morgan fingerprint density at radius 3 is 2.60 bits per heavy atom. The summed E-state index contributed by atoms with van der Waals surface area (Å²) in [5.41, 5.74) is 1.35. The highest BCUT2D eigenvalue weighted by Crippen LogP contribution is 2.35. The summed E-state index contributed by atoms with van der Waals surface area (Å²) in [5, 5.41) is 4.01. The first-order valence-corrected chi connectivity index (χ1v) is 5.61. The topological polar surface area (TPSA) is 31.2 Å². The average molecular weight is 226 g/mol. The van der Waals surface area contributed by atoms with Gasteiger partial charge < -0.3 is 10.1 Å². The fourth-order valence-corrected chi connectivity index (χ4v) is 1.76. The van der Waals surface area contributed by atoms with Gasteiger partial charge in [-0.05, 0) is 38.5 Å². The maximum absolute atomic E-state index is 6.15. The minimum absolute atomic E-state index is 0.125. The van der Waals surface area contributed by atoms with Gasteiger partial charge in [0.25, 0.3) is 0 Å². The zero-order valence-electron chi connectivity index (χ0n) is 9.30. The van der Waals surface area contributed by atoms with Gasteiger partial charge in [-0.1, -0.05) is 17.7 Å². The van der Waals surface area contributed by atoms with Gasteiger partial charge >= 0.3 is 0 Å². The number of hydrogen-bond acceptors (Lipinski definition) is 2. The molecule has 0 saturated carbocycles. The molecule has 82 valence electrons. The zero-order valence-corrected chi connectivity index (χ0v) is 10.1. The maximum Gasteiger partial charge on any atom is 0.138 e. The van der Waals surface area contributed by atoms with Crippen molar-refractivity contribution in [2.45, 2.75) is 32.4 Å². The molecule has 1 aromatic carbocycles. The van der Waals surface area contributed by atoms with E-state index in [0.29, 0.717) is 5.02 Å². The van der Waals surface area contributed by atoms with Crippen LogP contribution in [0.25, 0.3) is 0 Å². The number of hydrogen-bond donors (Lipinski definition) is 1. The van der Waals surface area contributed by atoms with Crippen molar-refractivity contribution in [3.8, 4) is 5.75 Å². The lowest BCUT2D eigenvalue weighted by Crippen LogP contribution is -2.09. The van der Waals surface area contributed by atoms with Crippen molar-refractivity contribution in [2.24, 2.45) is 0 Å². The lowest BCUT2D eigenvalue weighted by molar-refractivity contribution is 0.242. The molecule has 0 spiro atoms. The molecule has 2 rings (SSSR count). The van der Waals surface area contributed by atoms with Crippen LogP contribution in [-0.2, 0) is 5.54 Å². The summed E-state index contributed by atoms with van der Waals surface area (Å²) in [4.78, 5) is 0. The fraction of sp³-hybridized carbons (Fsp3) is 0.500. The summed E-state index contributed by atoms with van der Waals surface area (Å²) in [6.07, 6.45) is 0.156. The summed E-state index contributed by atoms with van der Waals surface area (Å²) >= 11 is 6.15. The van der Waals surface area contributed by atoms with E-state index in [-0.39, 0.29) is 11.6 Å². The molecule has 1 unspecified atom stereocenters. The first kappa shape index (κ1) is 10.8. The van der Waals surface area contributed by atoms with Gasteiger partial charge in [0.2, 0.25) is 0 Å². The zero-order chi connectivity index (χ0) is 11.1. The molecular weight excluding hydrogens is 210 g/mol. The Balaban J connectivity index is 2.23. The summed E-state index contributed by atoms with van der Waals surface area (Å²) < 4.78 is 5.58. The SMILES string of the molecule is CC(C)Oc1ccc(C2(C)CN2)cc1Cl. The number of benzene rings is 1. The molecule has 0 aromatic heterocycles. The molecule has 1 aliphatic heterocycles. The average Bonchev–Trinajstić information content (AvgIpc) is 2.88. The Labute approximate surface area is 95.6 Å². The van der Waals surface area contributed by atoms with Crippen molar-refractivity contribution in [3.63, 3.8) is 0 Å². The van der Waals surface area contributed by atoms with Crippen LogP contribution in [0.2, 0.25) is 5.02 Å². The summed E-state index contributed by atoms with van der Waals surface area (Å²) in [5.74, 6) is 0.764. The van der Waals surface area contributed by atoms with E-state index in [4.69, 9.17) is 16.3 Å². The van der Waals surface area contributed by atoms with Crippen LogP contribution in [0.1, 0.15) is 26.3 Å². The highest BCUT2D eigenvalue weighted by molar-refractivity contribution is 6.32. The molecular formula is C12H16ClNO. The molecule has 1 saturated heterocycles. The lowest BCUT2D eigenvalue weighted by Gasteiger charge is -2.14. The standard InChI is InChI=1S/C12H16ClNO/c1-8(2)15-11-5-4-9(6-10(11)13)12(3)7-14-12/h4-6,8,14H,7H2,1-3H3. The highest BCUT2D eigenvalue weighted by Gasteiger charge is 2.38. The van der Waals surface area contributed by atoms with Crippen LogP contribution in [0.15, 0.2) is 18.2 Å². The van der Waals surface area contributed by atoms with Crippen LogP contribution >= 0.6 is 11.6 Å². The predicted molar refractivity (Wildman–Crippen MR) is 62.6 cm³/mol. The van der Waals surface area contributed by atoms with Gasteiger partial charge in [-0.15, -0.1) is 0 Å². The Bertz CT molecular complexity index is 372. The minimum Gasteiger partial charge on any atom is -0.489 e. The molecule has 1 heterocycles. The van der Waals surface area contributed by atoms with Gasteiger partial charge in [0.15, 0.2) is 0 Å². The second-order valence-corrected chi connectivity index (χ2v) is 4.90. The molecule has 0 amide bonds. The normalized spacial score (nSPS) is 24.3. The third kappa shape index (κ3) is 2.27. The van der Waals surface area contributed by atoms with Crippen molar-refractivity contribution in [3.05, 3.63) is 28.8 Å². The molecule has 1 fully saturated rings. The molecule has 1 N–H and O–H groups in total. The van der Waals surface area contributed by atoms with Crippen molar-refractivity contribution in [2.75, 3.05) is 6.54 Å². The van der Waals surface area contributed by atoms with Crippen LogP contribution in [0.3, 0.4) is 0 Å². The molecule has 1 aromatic rings. The van der Waals surface area contributed by atoms with Gasteiger partial charge in [0.05, 0.1) is 16.7 Å². The number of rotatable bonds is 3. The monoisotopic (exact) mass is 225 g/mol. The smallest absolute Gasteiger partial charge is 0.138 e. The van der Waals surface area contributed by atoms with Gasteiger partial charge in [-0.2, -0.15) is 0 Å². The van der Waals surface area contributed by atoms with E-state index in [0.717, 1.165) is 12.3 Å². The summed E-state index contributed by atoms with van der Waals surface area (Å²) in [6.45, 7) is 7.18. The molecule has 0 aliphatic carbocycles. The van der Waals surface area contributed by atoms with Gasteiger partial charge in [-0.25, -0.2) is 0 Å². The predicted octanol–water partition coefficient (Wildman–Crippen LogP) is 2.95. The molecule has 1 atom stereocenters. The second kappa shape index (κ2) is 3.69. The Morgan fingerprint density at radius 1 is 1.47 bits per heavy atom. The minimum atomic E-state index is 0.125. The molecule has 2 nitrogen and oxygen atoms in total. The van der Waals surface area contributed by atoms with Crippen LogP contribution in [0.4, 0.5) is 0 Å². The second-order valence-electron chi connectivity index (χ2n) is 4.50. The van der Waals surface area contributed by atoms with Crippen molar-refractivity contribution < 1.29 is 4.74 Å². The van der Waals surface area contributed by atoms with E-state index in [1.54, 1.807) is 0 Å². The third-order valence-electron chi connectivity index (χ3n) is 2.64. The van der Waals surface area contributed by atoms with Crippen LogP contribution in [0, 0.1) is 0 Å². The van der Waals surface area contributed by atoms with Crippen LogP contribution in [-0.4, -0.2) is 12.6 Å². The van der Waals surface area contributed by atoms with Crippen molar-refractivity contribution >= 4 is 11.6 Å². The van der Waals surface area contributed by atoms with E-state index >= 15 is 0 Å². The Hall–Kier alpha value is -0.730. The van der Waals surface area contributed by atoms with E-state index < -0.39 is 0 Å². The molecule has 3 heteroatoms. The Morgan fingerprint density at radius 2 is 2.13 bits per heavy atom. The van der Waals surface area contributed by atoms with E-state index in [1.165, 1.54) is 5.56 Å². The number of nitrogens with one attached hydrogen (secondary N) is 1. The van der Waals surface area contributed by atoms with Crippen molar-refractivity contribution in [1.29, 1.82) is 0 Å². The molecule has 0 radical (unpaired) electrons. The quantitative estimate of drug-likeness (QED) is 0.802. The summed E-state index contributed by atoms with van der Waals surface area (Å²) in [7, 11) is 0. The fourth-order valence-electron chi connectivity index (χ4n) is 1.53. The first-order chi connectivity index (χ1) is 7.01. The lowest BCUT2D eigenvalue weighted by atomic mass is 10.0. The van der Waals surface area contributed by atoms with Crippen molar-refractivity contribution in [1.82, 2.24) is 5.32 Å². The molecule has 15 heavy (non-hydrogen) atoms. The van der Waals surface area contributed by atoms with Crippen LogP contribution in [0.5, 0.6) is 5.75 Å². The summed E-state index contributed by atoms with van der Waals surface area (Å²) in [6, 6.07) is 6.01. The third-order valence-corrected chi connectivity index (χ3v) is 2.93. The van der Waals surface area contributed by atoms with E-state index in [2.05, 4.69) is 18.3 Å². The first-order valence-electron chi connectivity index (χ1n) is 5.23. The largest absolute Gasteiger partial charge is 0.489 e. The maximum atomic E-state index is 6.15. The van der Waals surface area contributed by atoms with Gasteiger partial charge in [0, 0.05) is 6.54 Å². The molecule has 0 bridgehead atoms. The molecule has 1 aliphatic rings. The number of halogens is 1. The number of ether oxygens (including phenoxy) is 1. The van der Waals surface area contributed by atoms with Gasteiger partial charge in [-0.3, -0.25) is 0 Å². The van der Waals surface area contributed by atoms with Gasteiger partial charge in [0.1, 0.15) is 5.75 Å².